The number of allylic oxidation sites excluding steroid dienone is 2. The Morgan fingerprint density at radius 2 is 1.87 bits per heavy atom. The Bertz CT molecular complexity index is 1070. The van der Waals surface area contributed by atoms with Gasteiger partial charge in [-0.15, -0.1) is 0 Å². The number of hydrogen-bond acceptors (Lipinski definition) is 6. The molecule has 2 aromatic rings. The summed E-state index contributed by atoms with van der Waals surface area (Å²) in [5.41, 5.74) is 1.01. The van der Waals surface area contributed by atoms with Crippen molar-refractivity contribution in [3.05, 3.63) is 87.3 Å². The Morgan fingerprint density at radius 3 is 2.61 bits per heavy atom. The van der Waals surface area contributed by atoms with E-state index in [9.17, 15) is 19.7 Å². The number of anilines is 1. The van der Waals surface area contributed by atoms with Crippen LogP contribution in [0, 0.1) is 10.1 Å². The maximum Gasteiger partial charge on any atom is 0.292 e. The normalized spacial score (nSPS) is 15.1. The van der Waals surface area contributed by atoms with E-state index >= 15 is 0 Å². The van der Waals surface area contributed by atoms with Gasteiger partial charge in [0.25, 0.3) is 11.6 Å². The predicted molar refractivity (Wildman–Crippen MR) is 126 cm³/mol. The molecule has 1 aliphatic rings. The molecule has 1 N–H and O–H groups in total. The maximum absolute atomic E-state index is 12.6. The average Bonchev–Trinajstić information content (AvgIpc) is 3.02. The van der Waals surface area contributed by atoms with Gasteiger partial charge in [-0.25, -0.2) is 0 Å². The van der Waals surface area contributed by atoms with Crippen LogP contribution in [0.1, 0.15) is 18.4 Å². The lowest BCUT2D eigenvalue weighted by atomic mass is 10.2. The number of nitro benzene ring substituents is 1. The van der Waals surface area contributed by atoms with E-state index in [4.69, 9.17) is 12.2 Å². The van der Waals surface area contributed by atoms with Crippen LogP contribution in [0.2, 0.25) is 0 Å². The second-order valence-corrected chi connectivity index (χ2v) is 8.23. The Kier molecular flexibility index (Phi) is 7.69. The minimum atomic E-state index is -0.547. The van der Waals surface area contributed by atoms with Crippen molar-refractivity contribution >= 4 is 57.6 Å². The summed E-state index contributed by atoms with van der Waals surface area (Å²) in [4.78, 5) is 37.2. The highest BCUT2D eigenvalue weighted by atomic mass is 32.2. The van der Waals surface area contributed by atoms with E-state index in [1.165, 1.54) is 34.9 Å². The molecule has 0 atom stereocenters. The van der Waals surface area contributed by atoms with Gasteiger partial charge in [0.2, 0.25) is 5.91 Å². The first-order chi connectivity index (χ1) is 15.0. The second kappa shape index (κ2) is 10.6. The first-order valence-corrected chi connectivity index (χ1v) is 10.7. The highest BCUT2D eigenvalue weighted by Crippen LogP contribution is 2.31. The standard InChI is InChI=1S/C22H19N3O4S2/c26-20(23-17-11-4-5-12-18(17)25(28)29)14-7-15-24-21(27)19(31-22(24)30)13-6-10-16-8-2-1-3-9-16/h1-6,8-13H,7,14-15H2,(H,23,26). The number of benzene rings is 2. The van der Waals surface area contributed by atoms with Gasteiger partial charge in [0, 0.05) is 19.0 Å². The highest BCUT2D eigenvalue weighted by molar-refractivity contribution is 8.26. The van der Waals surface area contributed by atoms with Crippen LogP contribution in [0.25, 0.3) is 6.08 Å². The van der Waals surface area contributed by atoms with Gasteiger partial charge in [0.1, 0.15) is 10.0 Å². The third-order valence-electron chi connectivity index (χ3n) is 4.37. The van der Waals surface area contributed by atoms with Gasteiger partial charge < -0.3 is 5.32 Å². The minimum absolute atomic E-state index is 0.107. The lowest BCUT2D eigenvalue weighted by molar-refractivity contribution is -0.383. The summed E-state index contributed by atoms with van der Waals surface area (Å²) in [5.74, 6) is -0.548. The number of thioether (sulfide) groups is 1. The third kappa shape index (κ3) is 6.09. The molecule has 1 saturated heterocycles. The molecule has 7 nitrogen and oxygen atoms in total. The monoisotopic (exact) mass is 453 g/mol. The summed E-state index contributed by atoms with van der Waals surface area (Å²) in [6.07, 6.45) is 5.93. The summed E-state index contributed by atoms with van der Waals surface area (Å²) in [6, 6.07) is 15.7. The number of para-hydroxylation sites is 2. The van der Waals surface area contributed by atoms with E-state index in [1.807, 2.05) is 42.5 Å². The van der Waals surface area contributed by atoms with E-state index in [0.29, 0.717) is 22.2 Å². The molecular weight excluding hydrogens is 434 g/mol. The second-order valence-electron chi connectivity index (χ2n) is 6.55. The molecule has 0 radical (unpaired) electrons. The quantitative estimate of drug-likeness (QED) is 0.268. The third-order valence-corrected chi connectivity index (χ3v) is 5.77. The highest BCUT2D eigenvalue weighted by Gasteiger charge is 2.31. The molecule has 0 spiro atoms. The van der Waals surface area contributed by atoms with E-state index in [-0.39, 0.29) is 29.6 Å². The zero-order valence-corrected chi connectivity index (χ0v) is 18.0. The predicted octanol–water partition coefficient (Wildman–Crippen LogP) is 4.77. The zero-order valence-electron chi connectivity index (χ0n) is 16.4. The molecule has 9 heteroatoms. The maximum atomic E-state index is 12.6. The number of rotatable bonds is 8. The van der Waals surface area contributed by atoms with Crippen LogP contribution >= 0.6 is 24.0 Å². The summed E-state index contributed by atoms with van der Waals surface area (Å²) in [5, 5.41) is 13.6. The Labute approximate surface area is 189 Å². The molecule has 158 valence electrons. The molecule has 31 heavy (non-hydrogen) atoms. The van der Waals surface area contributed by atoms with E-state index in [1.54, 1.807) is 12.1 Å². The molecule has 0 aromatic heterocycles. The molecule has 0 saturated carbocycles. The summed E-state index contributed by atoms with van der Waals surface area (Å²) < 4.78 is 0.448. The summed E-state index contributed by atoms with van der Waals surface area (Å²) in [6.45, 7) is 0.300. The van der Waals surface area contributed by atoms with Crippen molar-refractivity contribution in [2.45, 2.75) is 12.8 Å². The Balaban J connectivity index is 1.51. The molecule has 1 heterocycles. The number of thiocarbonyl (C=S) groups is 1. The number of carbonyl (C=O) groups excluding carboxylic acids is 2. The number of amides is 2. The Hall–Kier alpha value is -3.30. The first kappa shape index (κ1) is 22.4. The van der Waals surface area contributed by atoms with Gasteiger partial charge in [-0.2, -0.15) is 0 Å². The van der Waals surface area contributed by atoms with Crippen LogP contribution < -0.4 is 5.32 Å². The van der Waals surface area contributed by atoms with Gasteiger partial charge in [0.05, 0.1) is 9.83 Å². The molecule has 1 fully saturated rings. The van der Waals surface area contributed by atoms with Crippen LogP contribution in [-0.4, -0.2) is 32.5 Å². The van der Waals surface area contributed by atoms with Crippen LogP contribution in [0.5, 0.6) is 0 Å². The summed E-state index contributed by atoms with van der Waals surface area (Å²) >= 11 is 6.52. The fourth-order valence-corrected chi connectivity index (χ4v) is 4.13. The molecule has 2 aromatic carbocycles. The van der Waals surface area contributed by atoms with Crippen LogP contribution in [0.4, 0.5) is 11.4 Å². The van der Waals surface area contributed by atoms with Gasteiger partial charge in [-0.3, -0.25) is 24.6 Å². The van der Waals surface area contributed by atoms with E-state index in [0.717, 1.165) is 5.56 Å². The fraction of sp³-hybridized carbons (Fsp3) is 0.136. The number of carbonyl (C=O) groups is 2. The average molecular weight is 454 g/mol. The van der Waals surface area contributed by atoms with Crippen molar-refractivity contribution < 1.29 is 14.5 Å². The number of nitrogens with zero attached hydrogens (tertiary/aromatic N) is 2. The number of nitrogens with one attached hydrogen (secondary N) is 1. The van der Waals surface area contributed by atoms with Crippen molar-refractivity contribution in [2.24, 2.45) is 0 Å². The first-order valence-electron chi connectivity index (χ1n) is 9.46. The molecule has 2 amide bonds. The van der Waals surface area contributed by atoms with E-state index in [2.05, 4.69) is 5.32 Å². The van der Waals surface area contributed by atoms with Gasteiger partial charge >= 0.3 is 0 Å². The summed E-state index contributed by atoms with van der Waals surface area (Å²) in [7, 11) is 0. The number of nitro groups is 1. The van der Waals surface area contributed by atoms with Crippen molar-refractivity contribution in [1.82, 2.24) is 4.90 Å². The smallest absolute Gasteiger partial charge is 0.292 e. The minimum Gasteiger partial charge on any atom is -0.320 e. The van der Waals surface area contributed by atoms with Gasteiger partial charge in [-0.1, -0.05) is 78.6 Å². The number of hydrogen-bond donors (Lipinski definition) is 1. The fourth-order valence-electron chi connectivity index (χ4n) is 2.87. The van der Waals surface area contributed by atoms with Crippen molar-refractivity contribution in [2.75, 3.05) is 11.9 Å². The molecule has 0 aliphatic carbocycles. The lowest BCUT2D eigenvalue weighted by Crippen LogP contribution is -2.29. The SMILES string of the molecule is O=C(CCCN1C(=O)C(=CC=Cc2ccccc2)SC1=S)Nc1ccccc1[N+](=O)[O-]. The lowest BCUT2D eigenvalue weighted by Gasteiger charge is -2.14. The van der Waals surface area contributed by atoms with Crippen molar-refractivity contribution in [3.8, 4) is 0 Å². The van der Waals surface area contributed by atoms with Crippen LogP contribution in [-0.2, 0) is 9.59 Å². The van der Waals surface area contributed by atoms with Crippen LogP contribution in [0.15, 0.2) is 71.7 Å². The van der Waals surface area contributed by atoms with E-state index < -0.39 is 4.92 Å². The van der Waals surface area contributed by atoms with Gasteiger partial charge in [0.15, 0.2) is 0 Å². The largest absolute Gasteiger partial charge is 0.320 e. The van der Waals surface area contributed by atoms with Crippen molar-refractivity contribution in [3.63, 3.8) is 0 Å². The molecule has 3 rings (SSSR count). The Morgan fingerprint density at radius 1 is 1.16 bits per heavy atom. The van der Waals surface area contributed by atoms with Crippen LogP contribution in [0.3, 0.4) is 0 Å². The molecule has 0 bridgehead atoms. The molecular formula is C22H19N3O4S2. The molecule has 0 unspecified atom stereocenters. The zero-order chi connectivity index (χ0) is 22.2. The van der Waals surface area contributed by atoms with Gasteiger partial charge in [-0.05, 0) is 24.1 Å². The topological polar surface area (TPSA) is 92.6 Å². The van der Waals surface area contributed by atoms with Crippen molar-refractivity contribution in [1.29, 1.82) is 0 Å². The molecule has 1 aliphatic heterocycles.